The van der Waals surface area contributed by atoms with Crippen LogP contribution in [0.2, 0.25) is 0 Å². The summed E-state index contributed by atoms with van der Waals surface area (Å²) in [6, 6.07) is 33.7. The fraction of sp³-hybridized carbons (Fsp3) is 0.0938. The second-order valence-corrected chi connectivity index (χ2v) is 9.57. The number of furan rings is 1. The van der Waals surface area contributed by atoms with Crippen LogP contribution in [0.25, 0.3) is 11.3 Å². The van der Waals surface area contributed by atoms with E-state index in [2.05, 4.69) is 10.3 Å². The molecule has 7 nitrogen and oxygen atoms in total. The highest BCUT2D eigenvalue weighted by molar-refractivity contribution is 7.80. The van der Waals surface area contributed by atoms with Crippen LogP contribution in [0, 0.1) is 0 Å². The van der Waals surface area contributed by atoms with Gasteiger partial charge in [0.05, 0.1) is 24.4 Å². The maximum atomic E-state index is 12.1. The summed E-state index contributed by atoms with van der Waals surface area (Å²) in [5.41, 5.74) is 2.94. The molecule has 0 amide bonds. The van der Waals surface area contributed by atoms with Crippen molar-refractivity contribution in [1.82, 2.24) is 10.3 Å². The molecule has 1 N–H and O–H groups in total. The predicted octanol–water partition coefficient (Wildman–Crippen LogP) is 7.10. The molecule has 40 heavy (non-hydrogen) atoms. The Bertz CT molecular complexity index is 1640. The summed E-state index contributed by atoms with van der Waals surface area (Å²) >= 11 is 5.84. The smallest absolute Gasteiger partial charge is 0.337 e. The van der Waals surface area contributed by atoms with E-state index in [1.54, 1.807) is 24.4 Å². The third-order valence-electron chi connectivity index (χ3n) is 6.68. The Balaban J connectivity index is 1.35. The van der Waals surface area contributed by atoms with Gasteiger partial charge in [-0.1, -0.05) is 36.4 Å². The van der Waals surface area contributed by atoms with Crippen LogP contribution in [0.15, 0.2) is 120 Å². The van der Waals surface area contributed by atoms with E-state index < -0.39 is 5.97 Å². The maximum Gasteiger partial charge on any atom is 0.337 e. The quantitative estimate of drug-likeness (QED) is 0.171. The Morgan fingerprint density at radius 1 is 0.900 bits per heavy atom. The molecule has 1 fully saturated rings. The first kappa shape index (κ1) is 25.3. The van der Waals surface area contributed by atoms with Crippen LogP contribution in [-0.4, -0.2) is 23.2 Å². The Labute approximate surface area is 237 Å². The molecule has 0 aliphatic carbocycles. The van der Waals surface area contributed by atoms with Gasteiger partial charge in [-0.05, 0) is 85.0 Å². The number of thiocarbonyl (C=S) groups is 1. The van der Waals surface area contributed by atoms with Crippen molar-refractivity contribution in [3.8, 4) is 22.8 Å². The number of carbonyl (C=O) groups excluding carboxylic acids is 1. The molecule has 6 rings (SSSR count). The van der Waals surface area contributed by atoms with Gasteiger partial charge in [0.15, 0.2) is 5.11 Å². The molecule has 8 heteroatoms. The molecule has 0 unspecified atom stereocenters. The number of nitrogens with one attached hydrogen (secondary N) is 1. The first-order chi connectivity index (χ1) is 19.6. The lowest BCUT2D eigenvalue weighted by Crippen LogP contribution is -2.29. The van der Waals surface area contributed by atoms with E-state index in [0.717, 1.165) is 28.4 Å². The number of hydrogen-bond acceptors (Lipinski definition) is 6. The maximum absolute atomic E-state index is 12.1. The van der Waals surface area contributed by atoms with Crippen LogP contribution in [0.4, 0.5) is 5.69 Å². The number of carbonyl (C=O) groups is 1. The molecule has 5 aromatic rings. The van der Waals surface area contributed by atoms with Gasteiger partial charge in [-0.3, -0.25) is 4.98 Å². The van der Waals surface area contributed by atoms with Gasteiger partial charge in [-0.25, -0.2) is 4.79 Å². The van der Waals surface area contributed by atoms with Crippen LogP contribution in [0.3, 0.4) is 0 Å². The zero-order valence-corrected chi connectivity index (χ0v) is 22.4. The SMILES string of the molecule is COC(=O)c1cccc(-c2ccc([C@@H]3[C@H](c4ccccn4)NC(=S)N3c3ccc(Oc4ccccc4)cc3)o2)c1. The second kappa shape index (κ2) is 11.0. The predicted molar refractivity (Wildman–Crippen MR) is 156 cm³/mol. The third kappa shape index (κ3) is 5.04. The summed E-state index contributed by atoms with van der Waals surface area (Å²) in [4.78, 5) is 18.7. The van der Waals surface area contributed by atoms with Crippen molar-refractivity contribution in [3.63, 3.8) is 0 Å². The van der Waals surface area contributed by atoms with Gasteiger partial charge in [-0.2, -0.15) is 0 Å². The number of rotatable bonds is 7. The van der Waals surface area contributed by atoms with E-state index in [1.165, 1.54) is 7.11 Å². The number of anilines is 1. The van der Waals surface area contributed by atoms with Gasteiger partial charge < -0.3 is 24.1 Å². The highest BCUT2D eigenvalue weighted by atomic mass is 32.1. The van der Waals surface area contributed by atoms with Gasteiger partial charge in [0.2, 0.25) is 0 Å². The van der Waals surface area contributed by atoms with Gasteiger partial charge in [0.1, 0.15) is 29.1 Å². The van der Waals surface area contributed by atoms with Gasteiger partial charge in [0.25, 0.3) is 0 Å². The molecule has 1 aliphatic rings. The fourth-order valence-corrected chi connectivity index (χ4v) is 5.15. The largest absolute Gasteiger partial charge is 0.465 e. The van der Waals surface area contributed by atoms with Crippen molar-refractivity contribution >= 4 is 29.0 Å². The zero-order valence-electron chi connectivity index (χ0n) is 21.6. The van der Waals surface area contributed by atoms with Crippen molar-refractivity contribution in [2.45, 2.75) is 12.1 Å². The molecule has 198 valence electrons. The average Bonchev–Trinajstić information content (AvgIpc) is 3.63. The van der Waals surface area contributed by atoms with E-state index in [1.807, 2.05) is 95.9 Å². The zero-order chi connectivity index (χ0) is 27.5. The molecule has 0 saturated carbocycles. The Kier molecular flexibility index (Phi) is 6.99. The van der Waals surface area contributed by atoms with E-state index in [0.29, 0.717) is 22.2 Å². The van der Waals surface area contributed by atoms with E-state index >= 15 is 0 Å². The number of esters is 1. The summed E-state index contributed by atoms with van der Waals surface area (Å²) in [6.45, 7) is 0. The van der Waals surface area contributed by atoms with Crippen molar-refractivity contribution in [2.75, 3.05) is 12.0 Å². The number of hydrogen-bond donors (Lipinski definition) is 1. The minimum Gasteiger partial charge on any atom is -0.465 e. The van der Waals surface area contributed by atoms with E-state index in [4.69, 9.17) is 26.1 Å². The normalized spacial score (nSPS) is 16.4. The monoisotopic (exact) mass is 547 g/mol. The van der Waals surface area contributed by atoms with Crippen LogP contribution < -0.4 is 15.0 Å². The van der Waals surface area contributed by atoms with Gasteiger partial charge in [-0.15, -0.1) is 0 Å². The lowest BCUT2D eigenvalue weighted by molar-refractivity contribution is 0.0601. The first-order valence-corrected chi connectivity index (χ1v) is 13.1. The van der Waals surface area contributed by atoms with Gasteiger partial charge >= 0.3 is 5.97 Å². The number of ether oxygens (including phenoxy) is 2. The van der Waals surface area contributed by atoms with Gasteiger partial charge in [0, 0.05) is 17.4 Å². The lowest BCUT2D eigenvalue weighted by atomic mass is 10.0. The molecule has 3 heterocycles. The summed E-state index contributed by atoms with van der Waals surface area (Å²) in [5.74, 6) is 2.41. The van der Waals surface area contributed by atoms with Crippen molar-refractivity contribution < 1.29 is 18.7 Å². The molecule has 0 spiro atoms. The molecule has 2 aromatic heterocycles. The van der Waals surface area contributed by atoms with Crippen LogP contribution in [-0.2, 0) is 4.74 Å². The Morgan fingerprint density at radius 2 is 1.68 bits per heavy atom. The van der Waals surface area contributed by atoms with Crippen LogP contribution >= 0.6 is 12.2 Å². The topological polar surface area (TPSA) is 76.8 Å². The third-order valence-corrected chi connectivity index (χ3v) is 6.99. The molecule has 2 atom stereocenters. The summed E-state index contributed by atoms with van der Waals surface area (Å²) in [7, 11) is 1.36. The van der Waals surface area contributed by atoms with Crippen molar-refractivity contribution in [2.24, 2.45) is 0 Å². The number of aromatic nitrogens is 1. The number of para-hydroxylation sites is 1. The summed E-state index contributed by atoms with van der Waals surface area (Å²) in [5, 5.41) is 4.00. The molecular formula is C32H25N3O4S. The average molecular weight is 548 g/mol. The number of methoxy groups -OCH3 is 1. The summed E-state index contributed by atoms with van der Waals surface area (Å²) < 4.78 is 17.3. The second-order valence-electron chi connectivity index (χ2n) is 9.18. The van der Waals surface area contributed by atoms with Crippen molar-refractivity contribution in [1.29, 1.82) is 0 Å². The highest BCUT2D eigenvalue weighted by Crippen LogP contribution is 2.43. The number of benzene rings is 3. The number of nitrogens with zero attached hydrogens (tertiary/aromatic N) is 2. The molecular weight excluding hydrogens is 522 g/mol. The molecule has 0 bridgehead atoms. The minimum atomic E-state index is -0.403. The van der Waals surface area contributed by atoms with Crippen molar-refractivity contribution in [3.05, 3.63) is 132 Å². The Morgan fingerprint density at radius 3 is 2.42 bits per heavy atom. The number of pyridine rings is 1. The lowest BCUT2D eigenvalue weighted by Gasteiger charge is -2.26. The van der Waals surface area contributed by atoms with E-state index in [-0.39, 0.29) is 12.1 Å². The first-order valence-electron chi connectivity index (χ1n) is 12.7. The highest BCUT2D eigenvalue weighted by Gasteiger charge is 2.42. The summed E-state index contributed by atoms with van der Waals surface area (Å²) in [6.07, 6.45) is 1.77. The molecule has 3 aromatic carbocycles. The standard InChI is InChI=1S/C32H25N3O4S/c1-37-31(36)22-9-7-8-21(20-22)27-17-18-28(39-27)30-29(26-12-5-6-19-33-26)34-32(40)35(30)23-13-15-25(16-14-23)38-24-10-3-2-4-11-24/h2-20,29-30H,1H3,(H,34,40)/t29-,30+/m0/s1. The van der Waals surface area contributed by atoms with Crippen LogP contribution in [0.5, 0.6) is 11.5 Å². The Hall–Kier alpha value is -4.95. The fourth-order valence-electron chi connectivity index (χ4n) is 4.81. The molecule has 0 radical (unpaired) electrons. The van der Waals surface area contributed by atoms with Crippen LogP contribution in [0.1, 0.15) is 33.9 Å². The van der Waals surface area contributed by atoms with E-state index in [9.17, 15) is 4.79 Å². The molecule has 1 saturated heterocycles. The molecule has 1 aliphatic heterocycles. The minimum absolute atomic E-state index is 0.255.